The molecule has 172 valence electrons. The maximum Gasteiger partial charge on any atom is 0.416 e. The van der Waals surface area contributed by atoms with Crippen LogP contribution < -0.4 is 15.2 Å². The standard InChI is InChI=1S/C21H17F2N5O3.C2H6/c22-16-12(6-10-25-19(16)24)11-28-20(29)31-18-13(21(28)7-2-8-21)4-5-14(17(18)23)30-15-3-1-9-26-27-15;1-2/h1,3-6,9-10H,2,7-8,11H2,(H2,24,25);1-2H3. The normalized spacial score (nSPS) is 15.6. The summed E-state index contributed by atoms with van der Waals surface area (Å²) in [6, 6.07) is 7.72. The van der Waals surface area contributed by atoms with E-state index in [1.165, 1.54) is 35.5 Å². The number of fused-ring (bicyclic) bond motifs is 2. The molecule has 1 spiro atoms. The van der Waals surface area contributed by atoms with Crippen molar-refractivity contribution in [2.24, 2.45) is 0 Å². The molecule has 0 bridgehead atoms. The summed E-state index contributed by atoms with van der Waals surface area (Å²) >= 11 is 0. The van der Waals surface area contributed by atoms with Gasteiger partial charge in [0.1, 0.15) is 0 Å². The molecule has 8 nitrogen and oxygen atoms in total. The van der Waals surface area contributed by atoms with Gasteiger partial charge in [-0.3, -0.25) is 4.90 Å². The van der Waals surface area contributed by atoms with E-state index in [1.54, 1.807) is 12.1 Å². The van der Waals surface area contributed by atoms with Gasteiger partial charge >= 0.3 is 6.09 Å². The van der Waals surface area contributed by atoms with Crippen LogP contribution >= 0.6 is 0 Å². The molecule has 2 N–H and O–H groups in total. The quantitative estimate of drug-likeness (QED) is 0.594. The number of halogens is 2. The predicted molar refractivity (Wildman–Crippen MR) is 116 cm³/mol. The lowest BCUT2D eigenvalue weighted by molar-refractivity contribution is -0.000309. The smallest absolute Gasteiger partial charge is 0.416 e. The molecule has 5 rings (SSSR count). The van der Waals surface area contributed by atoms with Gasteiger partial charge in [0.25, 0.3) is 0 Å². The third-order valence-corrected chi connectivity index (χ3v) is 5.76. The highest BCUT2D eigenvalue weighted by atomic mass is 19.1. The van der Waals surface area contributed by atoms with Crippen LogP contribution in [0.25, 0.3) is 0 Å². The summed E-state index contributed by atoms with van der Waals surface area (Å²) < 4.78 is 40.5. The van der Waals surface area contributed by atoms with E-state index >= 15 is 4.39 Å². The Morgan fingerprint density at radius 2 is 1.94 bits per heavy atom. The largest absolute Gasteiger partial charge is 0.434 e. The van der Waals surface area contributed by atoms with Crippen LogP contribution in [0.15, 0.2) is 42.7 Å². The number of ether oxygens (including phenoxy) is 2. The number of nitrogens with zero attached hydrogens (tertiary/aromatic N) is 4. The lowest BCUT2D eigenvalue weighted by atomic mass is 9.69. The Bertz CT molecular complexity index is 1170. The van der Waals surface area contributed by atoms with Crippen molar-refractivity contribution < 1.29 is 23.0 Å². The van der Waals surface area contributed by atoms with Crippen molar-refractivity contribution in [1.29, 1.82) is 0 Å². The van der Waals surface area contributed by atoms with Crippen molar-refractivity contribution >= 4 is 11.9 Å². The molecule has 0 atom stereocenters. The number of carbonyl (C=O) groups is 1. The third-order valence-electron chi connectivity index (χ3n) is 5.76. The summed E-state index contributed by atoms with van der Waals surface area (Å²) in [5, 5.41) is 7.45. The van der Waals surface area contributed by atoms with Crippen molar-refractivity contribution in [2.75, 3.05) is 5.73 Å². The summed E-state index contributed by atoms with van der Waals surface area (Å²) in [5.74, 6) is -1.95. The molecule has 1 fully saturated rings. The van der Waals surface area contributed by atoms with Gasteiger partial charge in [0, 0.05) is 29.6 Å². The van der Waals surface area contributed by atoms with Crippen molar-refractivity contribution in [1.82, 2.24) is 20.1 Å². The monoisotopic (exact) mass is 455 g/mol. The number of carbonyl (C=O) groups excluding carboxylic acids is 1. The maximum atomic E-state index is 15.2. The number of hydrogen-bond acceptors (Lipinski definition) is 7. The van der Waals surface area contributed by atoms with Crippen molar-refractivity contribution in [3.05, 3.63) is 65.5 Å². The van der Waals surface area contributed by atoms with Gasteiger partial charge in [-0.15, -0.1) is 5.10 Å². The minimum atomic E-state index is -0.804. The summed E-state index contributed by atoms with van der Waals surface area (Å²) in [6.07, 6.45) is 4.11. The van der Waals surface area contributed by atoms with Crippen molar-refractivity contribution in [2.45, 2.75) is 45.2 Å². The Labute approximate surface area is 189 Å². The Morgan fingerprint density at radius 3 is 2.61 bits per heavy atom. The Morgan fingerprint density at radius 1 is 1.15 bits per heavy atom. The molecule has 1 saturated carbocycles. The Hall–Kier alpha value is -3.82. The van der Waals surface area contributed by atoms with Gasteiger partial charge in [0.05, 0.1) is 12.1 Å². The summed E-state index contributed by atoms with van der Waals surface area (Å²) in [5.41, 5.74) is 5.50. The lowest BCUT2D eigenvalue weighted by Gasteiger charge is -2.52. The minimum Gasteiger partial charge on any atom is -0.434 e. The fourth-order valence-electron chi connectivity index (χ4n) is 4.06. The Kier molecular flexibility index (Phi) is 6.08. The van der Waals surface area contributed by atoms with Gasteiger partial charge in [-0.2, -0.15) is 9.49 Å². The molecule has 0 saturated heterocycles. The van der Waals surface area contributed by atoms with E-state index in [0.717, 1.165) is 6.42 Å². The molecule has 1 amide bonds. The average Bonchev–Trinajstić information content (AvgIpc) is 2.80. The van der Waals surface area contributed by atoms with E-state index in [0.29, 0.717) is 18.4 Å². The number of rotatable bonds is 4. The number of nitrogens with two attached hydrogens (primary N) is 1. The number of aromatic nitrogens is 3. The molecule has 1 aliphatic heterocycles. The second kappa shape index (κ2) is 8.97. The van der Waals surface area contributed by atoms with E-state index in [2.05, 4.69) is 15.2 Å². The number of anilines is 1. The molecule has 0 unspecified atom stereocenters. The zero-order chi connectivity index (χ0) is 23.6. The van der Waals surface area contributed by atoms with Crippen LogP contribution in [0, 0.1) is 11.6 Å². The first-order chi connectivity index (χ1) is 16.0. The minimum absolute atomic E-state index is 0.0731. The number of pyridine rings is 1. The van der Waals surface area contributed by atoms with E-state index in [-0.39, 0.29) is 35.3 Å². The van der Waals surface area contributed by atoms with Gasteiger partial charge in [0.15, 0.2) is 23.1 Å². The second-order valence-electron chi connectivity index (χ2n) is 7.43. The average molecular weight is 455 g/mol. The van der Waals surface area contributed by atoms with E-state index < -0.39 is 23.3 Å². The molecule has 2 aliphatic rings. The SMILES string of the molecule is CC.Nc1nccc(CN2C(=O)Oc3c(ccc(Oc4cccnn4)c3F)C23CCC3)c1F. The Balaban J connectivity index is 0.00000126. The van der Waals surface area contributed by atoms with Gasteiger partial charge < -0.3 is 15.2 Å². The topological polar surface area (TPSA) is 103 Å². The summed E-state index contributed by atoms with van der Waals surface area (Å²) in [6.45, 7) is 3.93. The van der Waals surface area contributed by atoms with Gasteiger partial charge in [-0.1, -0.05) is 13.8 Å². The molecule has 33 heavy (non-hydrogen) atoms. The van der Waals surface area contributed by atoms with E-state index in [4.69, 9.17) is 15.2 Å². The first-order valence-corrected chi connectivity index (χ1v) is 10.7. The van der Waals surface area contributed by atoms with E-state index in [9.17, 15) is 9.18 Å². The maximum absolute atomic E-state index is 15.2. The van der Waals surface area contributed by atoms with Gasteiger partial charge in [0.2, 0.25) is 11.7 Å². The van der Waals surface area contributed by atoms with Crippen LogP contribution in [0.5, 0.6) is 17.4 Å². The molecule has 1 aliphatic carbocycles. The number of amides is 1. The highest BCUT2D eigenvalue weighted by Crippen LogP contribution is 2.54. The number of hydrogen-bond donors (Lipinski definition) is 1. The molecule has 3 heterocycles. The summed E-state index contributed by atoms with van der Waals surface area (Å²) in [7, 11) is 0. The molecule has 10 heteroatoms. The molecule has 2 aromatic heterocycles. The molecule has 1 aromatic carbocycles. The first kappa shape index (κ1) is 22.4. The fraction of sp³-hybridized carbons (Fsp3) is 0.304. The summed E-state index contributed by atoms with van der Waals surface area (Å²) in [4.78, 5) is 18.0. The van der Waals surface area contributed by atoms with Crippen molar-refractivity contribution in [3.63, 3.8) is 0 Å². The lowest BCUT2D eigenvalue weighted by Crippen LogP contribution is -2.57. The highest BCUT2D eigenvalue weighted by molar-refractivity contribution is 5.76. The van der Waals surface area contributed by atoms with Gasteiger partial charge in [-0.05, 0) is 43.5 Å². The first-order valence-electron chi connectivity index (χ1n) is 10.7. The fourth-order valence-corrected chi connectivity index (χ4v) is 4.06. The van der Waals surface area contributed by atoms with E-state index in [1.807, 2.05) is 13.8 Å². The van der Waals surface area contributed by atoms with Gasteiger partial charge in [-0.25, -0.2) is 14.2 Å². The zero-order valence-corrected chi connectivity index (χ0v) is 18.2. The molecule has 0 radical (unpaired) electrons. The third kappa shape index (κ3) is 3.81. The van der Waals surface area contributed by atoms with Crippen LogP contribution in [-0.2, 0) is 12.1 Å². The highest BCUT2D eigenvalue weighted by Gasteiger charge is 2.52. The van der Waals surface area contributed by atoms with Crippen molar-refractivity contribution in [3.8, 4) is 17.4 Å². The van der Waals surface area contributed by atoms with Crippen LogP contribution in [0.1, 0.15) is 44.2 Å². The number of nitrogen functional groups attached to an aromatic ring is 1. The zero-order valence-electron chi connectivity index (χ0n) is 18.2. The van der Waals surface area contributed by atoms with Crippen LogP contribution in [-0.4, -0.2) is 26.2 Å². The molecular weight excluding hydrogens is 432 g/mol. The second-order valence-corrected chi connectivity index (χ2v) is 7.43. The molecular formula is C23H23F2N5O3. The van der Waals surface area contributed by atoms with Crippen LogP contribution in [0.4, 0.5) is 19.4 Å². The molecule has 3 aromatic rings. The van der Waals surface area contributed by atoms with Crippen LogP contribution in [0.3, 0.4) is 0 Å². The van der Waals surface area contributed by atoms with Crippen LogP contribution in [0.2, 0.25) is 0 Å². The predicted octanol–water partition coefficient (Wildman–Crippen LogP) is 4.94. The number of benzene rings is 1.